The van der Waals surface area contributed by atoms with E-state index in [0.717, 1.165) is 10.6 Å². The standard InChI is InChI=1S/C12H8ClNOS/c1-8-4-5-10(15-8)12(13)9(7-14)11-3-2-6-16-11/h2-6H,1H3. The number of hydrogen-bond acceptors (Lipinski definition) is 3. The summed E-state index contributed by atoms with van der Waals surface area (Å²) < 4.78 is 5.39. The first kappa shape index (κ1) is 11.0. The number of nitriles is 1. The van der Waals surface area contributed by atoms with Gasteiger partial charge in [0, 0.05) is 4.88 Å². The van der Waals surface area contributed by atoms with Crippen LogP contribution in [0.25, 0.3) is 10.6 Å². The van der Waals surface area contributed by atoms with Gasteiger partial charge in [-0.1, -0.05) is 17.7 Å². The SMILES string of the molecule is Cc1ccc(C(Cl)=C(C#N)c2cccs2)o1. The van der Waals surface area contributed by atoms with Crippen LogP contribution in [0.5, 0.6) is 0 Å². The van der Waals surface area contributed by atoms with Gasteiger partial charge < -0.3 is 4.42 Å². The molecule has 4 heteroatoms. The van der Waals surface area contributed by atoms with Gasteiger partial charge in [-0.05, 0) is 30.5 Å². The molecule has 0 saturated heterocycles. The zero-order chi connectivity index (χ0) is 11.5. The number of allylic oxidation sites excluding steroid dienone is 1. The molecule has 0 radical (unpaired) electrons. The fourth-order valence-corrected chi connectivity index (χ4v) is 2.34. The quantitative estimate of drug-likeness (QED) is 0.745. The maximum Gasteiger partial charge on any atom is 0.147 e. The predicted molar refractivity (Wildman–Crippen MR) is 66.0 cm³/mol. The number of hydrogen-bond donors (Lipinski definition) is 0. The predicted octanol–water partition coefficient (Wildman–Crippen LogP) is 4.28. The van der Waals surface area contributed by atoms with Crippen molar-refractivity contribution in [2.45, 2.75) is 6.92 Å². The van der Waals surface area contributed by atoms with Gasteiger partial charge in [-0.3, -0.25) is 0 Å². The van der Waals surface area contributed by atoms with E-state index in [1.807, 2.05) is 30.5 Å². The zero-order valence-corrected chi connectivity index (χ0v) is 10.1. The van der Waals surface area contributed by atoms with E-state index >= 15 is 0 Å². The third-order valence-corrected chi connectivity index (χ3v) is 3.32. The highest BCUT2D eigenvalue weighted by molar-refractivity contribution is 7.11. The van der Waals surface area contributed by atoms with Crippen molar-refractivity contribution in [1.82, 2.24) is 0 Å². The molecule has 0 aliphatic heterocycles. The van der Waals surface area contributed by atoms with Crippen molar-refractivity contribution in [3.8, 4) is 6.07 Å². The number of halogens is 1. The van der Waals surface area contributed by atoms with E-state index in [1.54, 1.807) is 6.07 Å². The van der Waals surface area contributed by atoms with E-state index < -0.39 is 0 Å². The van der Waals surface area contributed by atoms with Crippen LogP contribution >= 0.6 is 22.9 Å². The molecule has 0 N–H and O–H groups in total. The van der Waals surface area contributed by atoms with E-state index in [9.17, 15) is 0 Å². The molecule has 0 aromatic carbocycles. The monoisotopic (exact) mass is 249 g/mol. The van der Waals surface area contributed by atoms with Crippen LogP contribution in [0.1, 0.15) is 16.4 Å². The third kappa shape index (κ3) is 2.04. The largest absolute Gasteiger partial charge is 0.460 e. The van der Waals surface area contributed by atoms with Gasteiger partial charge in [0.15, 0.2) is 0 Å². The summed E-state index contributed by atoms with van der Waals surface area (Å²) in [6, 6.07) is 9.44. The number of rotatable bonds is 2. The molecule has 0 amide bonds. The van der Waals surface area contributed by atoms with Gasteiger partial charge >= 0.3 is 0 Å². The fraction of sp³-hybridized carbons (Fsp3) is 0.0833. The van der Waals surface area contributed by atoms with Gasteiger partial charge in [0.25, 0.3) is 0 Å². The highest BCUT2D eigenvalue weighted by atomic mass is 35.5. The molecule has 0 atom stereocenters. The number of aryl methyl sites for hydroxylation is 1. The highest BCUT2D eigenvalue weighted by Gasteiger charge is 2.12. The molecular formula is C12H8ClNOS. The molecule has 80 valence electrons. The Kier molecular flexibility index (Phi) is 3.14. The smallest absolute Gasteiger partial charge is 0.147 e. The highest BCUT2D eigenvalue weighted by Crippen LogP contribution is 2.32. The van der Waals surface area contributed by atoms with Crippen molar-refractivity contribution in [3.63, 3.8) is 0 Å². The first-order valence-corrected chi connectivity index (χ1v) is 5.88. The minimum atomic E-state index is 0.359. The topological polar surface area (TPSA) is 36.9 Å². The summed E-state index contributed by atoms with van der Waals surface area (Å²) >= 11 is 7.63. The van der Waals surface area contributed by atoms with Crippen molar-refractivity contribution in [1.29, 1.82) is 5.26 Å². The summed E-state index contributed by atoms with van der Waals surface area (Å²) in [5.74, 6) is 1.31. The zero-order valence-electron chi connectivity index (χ0n) is 8.53. The van der Waals surface area contributed by atoms with Crippen LogP contribution in [-0.4, -0.2) is 0 Å². The molecule has 0 saturated carbocycles. The van der Waals surface area contributed by atoms with Crippen molar-refractivity contribution in [2.75, 3.05) is 0 Å². The lowest BCUT2D eigenvalue weighted by atomic mass is 10.2. The molecule has 2 nitrogen and oxygen atoms in total. The fourth-order valence-electron chi connectivity index (χ4n) is 1.31. The molecule has 2 aromatic heterocycles. The number of furan rings is 1. The van der Waals surface area contributed by atoms with Gasteiger partial charge in [-0.25, -0.2) is 0 Å². The van der Waals surface area contributed by atoms with Crippen LogP contribution in [-0.2, 0) is 0 Å². The minimum Gasteiger partial charge on any atom is -0.460 e. The average Bonchev–Trinajstić information content (AvgIpc) is 2.90. The molecule has 0 fully saturated rings. The summed E-state index contributed by atoms with van der Waals surface area (Å²) in [6.07, 6.45) is 0. The molecular weight excluding hydrogens is 242 g/mol. The lowest BCUT2D eigenvalue weighted by Gasteiger charge is -1.98. The normalized spacial score (nSPS) is 12.1. The van der Waals surface area contributed by atoms with Crippen LogP contribution in [0.3, 0.4) is 0 Å². The second kappa shape index (κ2) is 4.56. The second-order valence-electron chi connectivity index (χ2n) is 3.19. The summed E-state index contributed by atoms with van der Waals surface area (Å²) in [7, 11) is 0. The van der Waals surface area contributed by atoms with E-state index in [1.165, 1.54) is 11.3 Å². The van der Waals surface area contributed by atoms with Crippen molar-refractivity contribution >= 4 is 33.5 Å². The Labute approximate surface area is 102 Å². The van der Waals surface area contributed by atoms with Crippen LogP contribution in [0.4, 0.5) is 0 Å². The second-order valence-corrected chi connectivity index (χ2v) is 4.51. The van der Waals surface area contributed by atoms with Gasteiger partial charge in [-0.15, -0.1) is 11.3 Å². The average molecular weight is 250 g/mol. The molecule has 0 bridgehead atoms. The molecule has 2 rings (SSSR count). The van der Waals surface area contributed by atoms with Crippen LogP contribution < -0.4 is 0 Å². The first-order chi connectivity index (χ1) is 7.72. The first-order valence-electron chi connectivity index (χ1n) is 4.63. The van der Waals surface area contributed by atoms with Crippen LogP contribution in [0.2, 0.25) is 0 Å². The minimum absolute atomic E-state index is 0.359. The van der Waals surface area contributed by atoms with Crippen LogP contribution in [0, 0.1) is 18.3 Å². The van der Waals surface area contributed by atoms with E-state index in [2.05, 4.69) is 6.07 Å². The Hall–Kier alpha value is -1.50. The summed E-state index contributed by atoms with van der Waals surface area (Å²) in [4.78, 5) is 0.849. The maximum absolute atomic E-state index is 9.11. The van der Waals surface area contributed by atoms with Gasteiger partial charge in [0.05, 0.1) is 5.57 Å². The Balaban J connectivity index is 2.51. The van der Waals surface area contributed by atoms with Crippen molar-refractivity contribution in [2.24, 2.45) is 0 Å². The molecule has 2 aromatic rings. The Morgan fingerprint density at radius 1 is 1.44 bits per heavy atom. The Morgan fingerprint density at radius 2 is 2.25 bits per heavy atom. The lowest BCUT2D eigenvalue weighted by Crippen LogP contribution is -1.80. The van der Waals surface area contributed by atoms with E-state index in [0.29, 0.717) is 16.4 Å². The molecule has 0 spiro atoms. The number of thiophene rings is 1. The molecule has 2 heterocycles. The number of nitrogens with zero attached hydrogens (tertiary/aromatic N) is 1. The summed E-state index contributed by atoms with van der Waals surface area (Å²) in [6.45, 7) is 1.84. The maximum atomic E-state index is 9.11. The van der Waals surface area contributed by atoms with Gasteiger partial charge in [0.1, 0.15) is 22.6 Å². The summed E-state index contributed by atoms with van der Waals surface area (Å²) in [5, 5.41) is 11.4. The van der Waals surface area contributed by atoms with E-state index in [4.69, 9.17) is 21.3 Å². The summed E-state index contributed by atoms with van der Waals surface area (Å²) in [5.41, 5.74) is 0.450. The molecule has 16 heavy (non-hydrogen) atoms. The third-order valence-electron chi connectivity index (χ3n) is 2.06. The molecule has 0 aliphatic carbocycles. The Bertz CT molecular complexity index is 560. The van der Waals surface area contributed by atoms with Crippen LogP contribution in [0.15, 0.2) is 34.1 Å². The van der Waals surface area contributed by atoms with Gasteiger partial charge in [0.2, 0.25) is 0 Å². The molecule has 0 aliphatic rings. The van der Waals surface area contributed by atoms with Gasteiger partial charge in [-0.2, -0.15) is 5.26 Å². The van der Waals surface area contributed by atoms with Crippen molar-refractivity contribution in [3.05, 3.63) is 46.0 Å². The molecule has 0 unspecified atom stereocenters. The van der Waals surface area contributed by atoms with E-state index in [-0.39, 0.29) is 0 Å². The lowest BCUT2D eigenvalue weighted by molar-refractivity contribution is 0.524. The van der Waals surface area contributed by atoms with Crippen molar-refractivity contribution < 1.29 is 4.42 Å². The Morgan fingerprint density at radius 3 is 2.75 bits per heavy atom.